The van der Waals surface area contributed by atoms with Crippen LogP contribution in [0.25, 0.3) is 0 Å². The van der Waals surface area contributed by atoms with Crippen molar-refractivity contribution in [2.75, 3.05) is 6.54 Å². The van der Waals surface area contributed by atoms with Crippen molar-refractivity contribution in [3.63, 3.8) is 0 Å². The summed E-state index contributed by atoms with van der Waals surface area (Å²) in [5.74, 6) is 0.0608. The van der Waals surface area contributed by atoms with Crippen molar-refractivity contribution < 1.29 is 14.3 Å². The van der Waals surface area contributed by atoms with Crippen LogP contribution in [0.1, 0.15) is 58.7 Å². The minimum absolute atomic E-state index is 0.0608. The van der Waals surface area contributed by atoms with Crippen LogP contribution in [-0.2, 0) is 9.53 Å². The van der Waals surface area contributed by atoms with Crippen LogP contribution in [0.15, 0.2) is 18.3 Å². The second kappa shape index (κ2) is 7.06. The smallest absolute Gasteiger partial charge is 0.407 e. The third-order valence-corrected chi connectivity index (χ3v) is 3.80. The third-order valence-electron chi connectivity index (χ3n) is 3.80. The Morgan fingerprint density at radius 1 is 1.48 bits per heavy atom. The molecule has 2 amide bonds. The number of carbonyl (C=O) groups is 2. The van der Waals surface area contributed by atoms with Crippen molar-refractivity contribution in [3.05, 3.63) is 24.0 Å². The fourth-order valence-corrected chi connectivity index (χ4v) is 2.88. The van der Waals surface area contributed by atoms with Crippen molar-refractivity contribution in [1.29, 1.82) is 0 Å². The summed E-state index contributed by atoms with van der Waals surface area (Å²) in [4.78, 5) is 29.4. The molecule has 23 heavy (non-hydrogen) atoms. The minimum atomic E-state index is -0.540. The topological polar surface area (TPSA) is 74.4 Å². The summed E-state index contributed by atoms with van der Waals surface area (Å²) in [5.41, 5.74) is 0.533. The van der Waals surface area contributed by atoms with Gasteiger partial charge < -0.3 is 19.9 Å². The van der Waals surface area contributed by atoms with Gasteiger partial charge in [-0.05, 0) is 52.7 Å². The van der Waals surface area contributed by atoms with E-state index < -0.39 is 11.7 Å². The first-order chi connectivity index (χ1) is 10.8. The monoisotopic (exact) mass is 321 g/mol. The summed E-state index contributed by atoms with van der Waals surface area (Å²) in [5, 5.41) is 2.72. The number of hydrogen-bond acceptors (Lipinski definition) is 3. The van der Waals surface area contributed by atoms with E-state index in [2.05, 4.69) is 10.3 Å². The standard InChI is InChI=1S/C17H27N3O3/c1-12(19-16(22)23-17(2,3)4)11-15(21)20-10-6-8-14(20)13-7-5-9-18-13/h5,7,9,12,14,18H,6,8,10-11H2,1-4H3,(H,19,22). The van der Waals surface area contributed by atoms with Gasteiger partial charge in [0.15, 0.2) is 0 Å². The highest BCUT2D eigenvalue weighted by Gasteiger charge is 2.31. The number of nitrogens with one attached hydrogen (secondary N) is 2. The highest BCUT2D eigenvalue weighted by molar-refractivity contribution is 5.78. The summed E-state index contributed by atoms with van der Waals surface area (Å²) in [6.07, 6.45) is 3.64. The van der Waals surface area contributed by atoms with Gasteiger partial charge in [-0.15, -0.1) is 0 Å². The first-order valence-corrected chi connectivity index (χ1v) is 8.18. The Kier molecular flexibility index (Phi) is 5.34. The van der Waals surface area contributed by atoms with E-state index in [0.717, 1.165) is 25.1 Å². The van der Waals surface area contributed by atoms with Gasteiger partial charge in [0.25, 0.3) is 0 Å². The van der Waals surface area contributed by atoms with E-state index in [0.29, 0.717) is 0 Å². The zero-order valence-corrected chi connectivity index (χ0v) is 14.4. The molecule has 6 heteroatoms. The fraction of sp³-hybridized carbons (Fsp3) is 0.647. The third kappa shape index (κ3) is 5.01. The normalized spacial score (nSPS) is 19.5. The Hall–Kier alpha value is -1.98. The lowest BCUT2D eigenvalue weighted by Crippen LogP contribution is -2.41. The molecule has 0 aliphatic carbocycles. The first-order valence-electron chi connectivity index (χ1n) is 8.18. The van der Waals surface area contributed by atoms with Gasteiger partial charge in [0.1, 0.15) is 5.60 Å². The predicted molar refractivity (Wildman–Crippen MR) is 87.9 cm³/mol. The lowest BCUT2D eigenvalue weighted by atomic mass is 10.1. The average molecular weight is 321 g/mol. The molecule has 0 bridgehead atoms. The molecule has 0 aromatic carbocycles. The van der Waals surface area contributed by atoms with Gasteiger partial charge >= 0.3 is 6.09 Å². The lowest BCUT2D eigenvalue weighted by Gasteiger charge is -2.26. The number of ether oxygens (including phenoxy) is 1. The van der Waals surface area contributed by atoms with Crippen LogP contribution in [0.2, 0.25) is 0 Å². The number of amides is 2. The minimum Gasteiger partial charge on any atom is -0.444 e. The molecule has 6 nitrogen and oxygen atoms in total. The number of likely N-dealkylation sites (tertiary alicyclic amines) is 1. The Morgan fingerprint density at radius 3 is 2.83 bits per heavy atom. The highest BCUT2D eigenvalue weighted by Crippen LogP contribution is 2.31. The second-order valence-electron chi connectivity index (χ2n) is 7.12. The number of H-pyrrole nitrogens is 1. The first kappa shape index (κ1) is 17.4. The summed E-state index contributed by atoms with van der Waals surface area (Å²) < 4.78 is 5.22. The molecule has 2 rings (SSSR count). The summed E-state index contributed by atoms with van der Waals surface area (Å²) in [7, 11) is 0. The van der Waals surface area contributed by atoms with Gasteiger partial charge in [0.2, 0.25) is 5.91 Å². The molecule has 1 aromatic heterocycles. The van der Waals surface area contributed by atoms with Crippen LogP contribution in [0.4, 0.5) is 4.79 Å². The lowest BCUT2D eigenvalue weighted by molar-refractivity contribution is -0.132. The molecule has 1 aliphatic heterocycles. The summed E-state index contributed by atoms with van der Waals surface area (Å²) >= 11 is 0. The average Bonchev–Trinajstić information content (AvgIpc) is 3.07. The quantitative estimate of drug-likeness (QED) is 0.895. The van der Waals surface area contributed by atoms with Gasteiger partial charge in [-0.3, -0.25) is 4.79 Å². The van der Waals surface area contributed by atoms with Crippen LogP contribution in [0.5, 0.6) is 0 Å². The van der Waals surface area contributed by atoms with Gasteiger partial charge in [0.05, 0.1) is 6.04 Å². The van der Waals surface area contributed by atoms with Gasteiger partial charge in [0, 0.05) is 30.9 Å². The number of aromatic amines is 1. The Labute approximate surface area is 137 Å². The Bertz CT molecular complexity index is 534. The number of hydrogen-bond donors (Lipinski definition) is 2. The van der Waals surface area contributed by atoms with Crippen molar-refractivity contribution in [2.45, 2.75) is 64.6 Å². The van der Waals surface area contributed by atoms with E-state index in [4.69, 9.17) is 4.74 Å². The Morgan fingerprint density at radius 2 is 2.22 bits per heavy atom. The molecular weight excluding hydrogens is 294 g/mol. The maximum Gasteiger partial charge on any atom is 0.407 e. The van der Waals surface area contributed by atoms with E-state index >= 15 is 0 Å². The van der Waals surface area contributed by atoms with Crippen LogP contribution < -0.4 is 5.32 Å². The summed E-state index contributed by atoms with van der Waals surface area (Å²) in [6, 6.07) is 3.82. The van der Waals surface area contributed by atoms with Gasteiger partial charge in [-0.25, -0.2) is 4.79 Å². The zero-order chi connectivity index (χ0) is 17.0. The molecule has 0 saturated carbocycles. The number of carbonyl (C=O) groups excluding carboxylic acids is 2. The van der Waals surface area contributed by atoms with E-state index in [9.17, 15) is 9.59 Å². The molecule has 2 N–H and O–H groups in total. The summed E-state index contributed by atoms with van der Waals surface area (Å²) in [6.45, 7) is 8.03. The molecule has 2 heterocycles. The number of nitrogens with zero attached hydrogens (tertiary/aromatic N) is 1. The van der Waals surface area contributed by atoms with Crippen LogP contribution >= 0.6 is 0 Å². The number of aromatic nitrogens is 1. The molecule has 0 radical (unpaired) electrons. The number of alkyl carbamates (subject to hydrolysis) is 1. The molecule has 2 unspecified atom stereocenters. The second-order valence-corrected chi connectivity index (χ2v) is 7.12. The SMILES string of the molecule is CC(CC(=O)N1CCCC1c1ccc[nH]1)NC(=O)OC(C)(C)C. The molecular formula is C17H27N3O3. The molecule has 1 saturated heterocycles. The van der Waals surface area contributed by atoms with E-state index in [-0.39, 0.29) is 24.4 Å². The van der Waals surface area contributed by atoms with E-state index in [1.54, 1.807) is 0 Å². The maximum atomic E-state index is 12.5. The molecule has 1 aliphatic rings. The van der Waals surface area contributed by atoms with Gasteiger partial charge in [-0.1, -0.05) is 0 Å². The van der Waals surface area contributed by atoms with E-state index in [1.807, 2.05) is 50.9 Å². The van der Waals surface area contributed by atoms with E-state index in [1.165, 1.54) is 0 Å². The van der Waals surface area contributed by atoms with Crippen molar-refractivity contribution in [1.82, 2.24) is 15.2 Å². The molecule has 1 fully saturated rings. The molecule has 128 valence electrons. The van der Waals surface area contributed by atoms with Gasteiger partial charge in [-0.2, -0.15) is 0 Å². The van der Waals surface area contributed by atoms with Crippen LogP contribution in [0.3, 0.4) is 0 Å². The zero-order valence-electron chi connectivity index (χ0n) is 14.4. The largest absolute Gasteiger partial charge is 0.444 e. The maximum absolute atomic E-state index is 12.5. The predicted octanol–water partition coefficient (Wildman–Crippen LogP) is 2.98. The van der Waals surface area contributed by atoms with Crippen molar-refractivity contribution >= 4 is 12.0 Å². The fourth-order valence-electron chi connectivity index (χ4n) is 2.88. The number of rotatable bonds is 4. The van der Waals surface area contributed by atoms with Crippen LogP contribution in [-0.4, -0.2) is 40.1 Å². The highest BCUT2D eigenvalue weighted by atomic mass is 16.6. The Balaban J connectivity index is 1.87. The molecule has 2 atom stereocenters. The van der Waals surface area contributed by atoms with Crippen molar-refractivity contribution in [3.8, 4) is 0 Å². The molecule has 1 aromatic rings. The van der Waals surface area contributed by atoms with Crippen LogP contribution in [0, 0.1) is 0 Å². The molecule has 0 spiro atoms. The van der Waals surface area contributed by atoms with Crippen molar-refractivity contribution in [2.24, 2.45) is 0 Å².